The minimum absolute atomic E-state index is 0. The summed E-state index contributed by atoms with van der Waals surface area (Å²) >= 11 is 0. The van der Waals surface area contributed by atoms with Gasteiger partial charge in [0.15, 0.2) is 11.5 Å². The average molecular weight is 322 g/mol. The molecular formula is C16H20ClN3O2. The molecule has 3 rings (SSSR count). The number of carbonyl (C=O) groups excluding carboxylic acids is 1. The summed E-state index contributed by atoms with van der Waals surface area (Å²) in [6.07, 6.45) is 3.17. The lowest BCUT2D eigenvalue weighted by Gasteiger charge is -2.18. The van der Waals surface area contributed by atoms with Crippen molar-refractivity contribution in [2.24, 2.45) is 11.7 Å². The molecule has 3 N–H and O–H groups in total. The quantitative estimate of drug-likeness (QED) is 0.907. The van der Waals surface area contributed by atoms with Gasteiger partial charge in [0, 0.05) is 17.7 Å². The van der Waals surface area contributed by atoms with Crippen LogP contribution in [0.5, 0.6) is 0 Å². The number of hydrogen-bond acceptors (Lipinski definition) is 4. The van der Waals surface area contributed by atoms with Crippen LogP contribution in [0.15, 0.2) is 40.9 Å². The molecule has 5 nitrogen and oxygen atoms in total. The monoisotopic (exact) mass is 321 g/mol. The van der Waals surface area contributed by atoms with Gasteiger partial charge in [-0.05, 0) is 25.3 Å². The van der Waals surface area contributed by atoms with Gasteiger partial charge in [0.1, 0.15) is 0 Å². The topological polar surface area (TPSA) is 81.1 Å². The lowest BCUT2D eigenvalue weighted by Crippen LogP contribution is -2.39. The summed E-state index contributed by atoms with van der Waals surface area (Å²) < 4.78 is 5.25. The Balaban J connectivity index is 0.00000176. The minimum Gasteiger partial charge on any atom is -0.355 e. The van der Waals surface area contributed by atoms with E-state index in [2.05, 4.69) is 10.5 Å². The summed E-state index contributed by atoms with van der Waals surface area (Å²) in [6, 6.07) is 11.4. The van der Waals surface area contributed by atoms with Crippen molar-refractivity contribution in [2.45, 2.75) is 25.3 Å². The Morgan fingerprint density at radius 1 is 1.32 bits per heavy atom. The Bertz CT molecular complexity index is 615. The maximum absolute atomic E-state index is 12.2. The second-order valence-electron chi connectivity index (χ2n) is 5.45. The first-order valence-electron chi connectivity index (χ1n) is 7.31. The third-order valence-electron chi connectivity index (χ3n) is 4.08. The average Bonchev–Trinajstić information content (AvgIpc) is 3.17. The molecule has 22 heavy (non-hydrogen) atoms. The number of hydrogen-bond donors (Lipinski definition) is 2. The van der Waals surface area contributed by atoms with Gasteiger partial charge in [0.25, 0.3) is 5.91 Å². The first-order valence-corrected chi connectivity index (χ1v) is 7.31. The molecule has 0 radical (unpaired) electrons. The molecular weight excluding hydrogens is 302 g/mol. The van der Waals surface area contributed by atoms with E-state index in [0.717, 1.165) is 24.8 Å². The van der Waals surface area contributed by atoms with Crippen LogP contribution < -0.4 is 11.1 Å². The lowest BCUT2D eigenvalue weighted by molar-refractivity contribution is 0.0919. The van der Waals surface area contributed by atoms with Crippen LogP contribution in [0.25, 0.3) is 11.3 Å². The van der Waals surface area contributed by atoms with Crippen molar-refractivity contribution in [1.29, 1.82) is 0 Å². The van der Waals surface area contributed by atoms with E-state index in [-0.39, 0.29) is 24.4 Å². The van der Waals surface area contributed by atoms with Crippen LogP contribution in [-0.2, 0) is 0 Å². The summed E-state index contributed by atoms with van der Waals surface area (Å²) in [4.78, 5) is 12.2. The molecule has 0 saturated heterocycles. The van der Waals surface area contributed by atoms with E-state index in [1.807, 2.05) is 30.3 Å². The lowest BCUT2D eigenvalue weighted by atomic mass is 10.0. The Morgan fingerprint density at radius 3 is 2.82 bits per heavy atom. The summed E-state index contributed by atoms with van der Waals surface area (Å²) in [5.74, 6) is 0.781. The van der Waals surface area contributed by atoms with Gasteiger partial charge in [-0.3, -0.25) is 4.79 Å². The second kappa shape index (κ2) is 7.42. The zero-order chi connectivity index (χ0) is 14.7. The molecule has 1 aliphatic rings. The van der Waals surface area contributed by atoms with Crippen molar-refractivity contribution in [1.82, 2.24) is 10.5 Å². The largest absolute Gasteiger partial charge is 0.355 e. The van der Waals surface area contributed by atoms with Crippen LogP contribution in [0, 0.1) is 5.92 Å². The van der Waals surface area contributed by atoms with Crippen molar-refractivity contribution in [3.05, 3.63) is 42.1 Å². The molecule has 6 heteroatoms. The van der Waals surface area contributed by atoms with Gasteiger partial charge in [-0.25, -0.2) is 0 Å². The molecule has 2 atom stereocenters. The third-order valence-corrected chi connectivity index (χ3v) is 4.08. The number of nitrogens with two attached hydrogens (primary N) is 1. The molecule has 2 aromatic rings. The maximum atomic E-state index is 12.2. The van der Waals surface area contributed by atoms with Crippen LogP contribution >= 0.6 is 12.4 Å². The van der Waals surface area contributed by atoms with Crippen LogP contribution in [0.2, 0.25) is 0 Å². The standard InChI is InChI=1S/C16H19N3O2.ClH/c17-10-12-7-4-8-13(12)18-16(20)14-9-15(21-19-14)11-5-2-1-3-6-11;/h1-3,5-6,9,12-13H,4,7-8,10,17H2,(H,18,20);1H. The van der Waals surface area contributed by atoms with Crippen LogP contribution in [0.3, 0.4) is 0 Å². The van der Waals surface area contributed by atoms with Crippen LogP contribution in [0.4, 0.5) is 0 Å². The highest BCUT2D eigenvalue weighted by Crippen LogP contribution is 2.25. The van der Waals surface area contributed by atoms with Gasteiger partial charge in [-0.2, -0.15) is 0 Å². The van der Waals surface area contributed by atoms with Gasteiger partial charge >= 0.3 is 0 Å². The Kier molecular flexibility index (Phi) is 5.57. The van der Waals surface area contributed by atoms with E-state index in [1.165, 1.54) is 0 Å². The minimum atomic E-state index is -0.189. The van der Waals surface area contributed by atoms with Gasteiger partial charge < -0.3 is 15.6 Å². The molecule has 1 amide bonds. The highest BCUT2D eigenvalue weighted by Gasteiger charge is 2.28. The van der Waals surface area contributed by atoms with E-state index < -0.39 is 0 Å². The van der Waals surface area contributed by atoms with Crippen molar-refractivity contribution < 1.29 is 9.32 Å². The fourth-order valence-corrected chi connectivity index (χ4v) is 2.87. The SMILES string of the molecule is Cl.NCC1CCCC1NC(=O)c1cc(-c2ccccc2)on1. The number of nitrogens with zero attached hydrogens (tertiary/aromatic N) is 1. The normalized spacial score (nSPS) is 20.4. The molecule has 1 fully saturated rings. The molecule has 0 spiro atoms. The van der Waals surface area contributed by atoms with E-state index >= 15 is 0 Å². The fraction of sp³-hybridized carbons (Fsp3) is 0.375. The van der Waals surface area contributed by atoms with Crippen LogP contribution in [-0.4, -0.2) is 23.7 Å². The van der Waals surface area contributed by atoms with Gasteiger partial charge in [0.05, 0.1) is 0 Å². The number of nitrogens with one attached hydrogen (secondary N) is 1. The number of carbonyl (C=O) groups is 1. The Morgan fingerprint density at radius 2 is 2.09 bits per heavy atom. The molecule has 1 saturated carbocycles. The first kappa shape index (κ1) is 16.5. The van der Waals surface area contributed by atoms with E-state index in [1.54, 1.807) is 6.07 Å². The number of amides is 1. The zero-order valence-corrected chi connectivity index (χ0v) is 13.0. The van der Waals surface area contributed by atoms with Crippen molar-refractivity contribution in [3.63, 3.8) is 0 Å². The summed E-state index contributed by atoms with van der Waals surface area (Å²) in [5, 5.41) is 6.89. The molecule has 1 aromatic carbocycles. The van der Waals surface area contributed by atoms with E-state index in [4.69, 9.17) is 10.3 Å². The molecule has 0 aliphatic heterocycles. The smallest absolute Gasteiger partial charge is 0.273 e. The Labute approximate surface area is 135 Å². The van der Waals surface area contributed by atoms with E-state index in [9.17, 15) is 4.79 Å². The van der Waals surface area contributed by atoms with Crippen LogP contribution in [0.1, 0.15) is 29.8 Å². The van der Waals surface area contributed by atoms with Gasteiger partial charge in [-0.1, -0.05) is 41.9 Å². The maximum Gasteiger partial charge on any atom is 0.273 e. The predicted octanol–water partition coefficient (Wildman–Crippen LogP) is 2.62. The fourth-order valence-electron chi connectivity index (χ4n) is 2.87. The van der Waals surface area contributed by atoms with Crippen molar-refractivity contribution >= 4 is 18.3 Å². The van der Waals surface area contributed by atoms with Gasteiger partial charge in [0.2, 0.25) is 0 Å². The van der Waals surface area contributed by atoms with E-state index in [0.29, 0.717) is 23.9 Å². The second-order valence-corrected chi connectivity index (χ2v) is 5.45. The number of aromatic nitrogens is 1. The first-order chi connectivity index (χ1) is 10.3. The molecule has 118 valence electrons. The highest BCUT2D eigenvalue weighted by molar-refractivity contribution is 5.93. The summed E-state index contributed by atoms with van der Waals surface area (Å²) in [6.45, 7) is 0.610. The molecule has 1 aliphatic carbocycles. The van der Waals surface area contributed by atoms with Gasteiger partial charge in [-0.15, -0.1) is 12.4 Å². The Hall–Kier alpha value is -1.85. The molecule has 1 heterocycles. The van der Waals surface area contributed by atoms with Crippen molar-refractivity contribution in [2.75, 3.05) is 6.54 Å². The highest BCUT2D eigenvalue weighted by atomic mass is 35.5. The summed E-state index contributed by atoms with van der Waals surface area (Å²) in [5.41, 5.74) is 6.96. The summed E-state index contributed by atoms with van der Waals surface area (Å²) in [7, 11) is 0. The molecule has 0 bridgehead atoms. The van der Waals surface area contributed by atoms with Crippen molar-refractivity contribution in [3.8, 4) is 11.3 Å². The molecule has 1 aromatic heterocycles. The number of benzene rings is 1. The number of rotatable bonds is 4. The number of halogens is 1. The third kappa shape index (κ3) is 3.48. The predicted molar refractivity (Wildman–Crippen MR) is 86.8 cm³/mol. The molecule has 2 unspecified atom stereocenters. The zero-order valence-electron chi connectivity index (χ0n) is 12.2.